The van der Waals surface area contributed by atoms with Crippen LogP contribution in [0.5, 0.6) is 0 Å². The number of hydrogen-bond donors (Lipinski definition) is 0. The van der Waals surface area contributed by atoms with E-state index < -0.39 is 12.5 Å². The number of alkyl halides is 3. The fraction of sp³-hybridized carbons (Fsp3) is 0.132. The first-order valence-corrected chi connectivity index (χ1v) is 14.4. The summed E-state index contributed by atoms with van der Waals surface area (Å²) in [7, 11) is 0. The average Bonchev–Trinajstić information content (AvgIpc) is 3.07. The van der Waals surface area contributed by atoms with Crippen molar-refractivity contribution in [2.24, 2.45) is 0 Å². The van der Waals surface area contributed by atoms with Crippen LogP contribution in [0.4, 0.5) is 30.2 Å². The van der Waals surface area contributed by atoms with Gasteiger partial charge in [0.05, 0.1) is 5.39 Å². The maximum atomic E-state index is 12.8. The maximum absolute atomic E-state index is 12.8. The third-order valence-electron chi connectivity index (χ3n) is 7.34. The molecule has 0 amide bonds. The highest BCUT2D eigenvalue weighted by Gasteiger charge is 2.25. The summed E-state index contributed by atoms with van der Waals surface area (Å²) in [6.07, 6.45) is -4.82. The van der Waals surface area contributed by atoms with Gasteiger partial charge in [-0.1, -0.05) is 72.6 Å². The van der Waals surface area contributed by atoms with Gasteiger partial charge < -0.3 is 14.1 Å². The van der Waals surface area contributed by atoms with Crippen LogP contribution in [0.3, 0.4) is 0 Å². The summed E-state index contributed by atoms with van der Waals surface area (Å²) < 4.78 is 37.1. The molecule has 0 spiro atoms. The summed E-state index contributed by atoms with van der Waals surface area (Å²) in [4.78, 5) is 31.8. The summed E-state index contributed by atoms with van der Waals surface area (Å²) in [5, 5.41) is 2.51. The van der Waals surface area contributed by atoms with Crippen molar-refractivity contribution in [3.8, 4) is 11.1 Å². The van der Waals surface area contributed by atoms with Gasteiger partial charge in [0.15, 0.2) is 0 Å². The van der Waals surface area contributed by atoms with Gasteiger partial charge >= 0.3 is 11.8 Å². The van der Waals surface area contributed by atoms with Gasteiger partial charge in [0.2, 0.25) is 6.29 Å². The smallest absolute Gasteiger partial charge is 0.422 e. The molecule has 0 unspecified atom stereocenters. The molecule has 0 aliphatic heterocycles. The van der Waals surface area contributed by atoms with E-state index in [-0.39, 0.29) is 5.63 Å². The number of benzene rings is 5. The molecular formula is C38H32F3NO4. The number of aldehydes is 1. The van der Waals surface area contributed by atoms with Gasteiger partial charge in [-0.25, -0.2) is 4.79 Å². The number of carbonyl (C=O) groups excluding carboxylic acids is 2. The average molecular weight is 624 g/mol. The fourth-order valence-corrected chi connectivity index (χ4v) is 5.04. The van der Waals surface area contributed by atoms with E-state index in [4.69, 9.17) is 14.0 Å². The zero-order valence-corrected chi connectivity index (χ0v) is 25.6. The standard InChI is InChI=1S/C35H29NO2.C2HF3O.CH2O/c1-4-25-12-18-31-32-19-13-27(22-34(32)38-35(37)33(31)20-25)26-6-5-7-30(21-26)36(28-14-8-23(2)9-15-28)29-16-10-24(3)11-17-29;3-2(4,5)1-6;1-2/h5-22H,4H2,1-3H3;1H;1H2. The molecular weight excluding hydrogens is 591 g/mol. The highest BCUT2D eigenvalue weighted by Crippen LogP contribution is 2.37. The van der Waals surface area contributed by atoms with E-state index in [0.717, 1.165) is 50.9 Å². The van der Waals surface area contributed by atoms with Gasteiger partial charge in [0, 0.05) is 22.4 Å². The van der Waals surface area contributed by atoms with Crippen LogP contribution >= 0.6 is 0 Å². The molecule has 0 saturated heterocycles. The van der Waals surface area contributed by atoms with Crippen LogP contribution in [0.2, 0.25) is 0 Å². The molecule has 6 rings (SSSR count). The molecule has 0 fully saturated rings. The third-order valence-corrected chi connectivity index (χ3v) is 7.34. The molecule has 0 radical (unpaired) electrons. The van der Waals surface area contributed by atoms with Crippen molar-refractivity contribution >= 4 is 51.9 Å². The van der Waals surface area contributed by atoms with Crippen LogP contribution in [0.1, 0.15) is 23.6 Å². The van der Waals surface area contributed by atoms with Crippen LogP contribution in [-0.4, -0.2) is 19.3 Å². The van der Waals surface area contributed by atoms with E-state index in [9.17, 15) is 18.0 Å². The van der Waals surface area contributed by atoms with E-state index in [1.54, 1.807) is 0 Å². The van der Waals surface area contributed by atoms with Crippen LogP contribution < -0.4 is 10.5 Å². The molecule has 1 aromatic heterocycles. The molecule has 1 heterocycles. The van der Waals surface area contributed by atoms with Gasteiger partial charge in [-0.2, -0.15) is 13.2 Å². The predicted molar refractivity (Wildman–Crippen MR) is 178 cm³/mol. The van der Waals surface area contributed by atoms with Gasteiger partial charge in [-0.05, 0) is 96.9 Å². The minimum Gasteiger partial charge on any atom is -0.422 e. The van der Waals surface area contributed by atoms with Gasteiger partial charge in [0.1, 0.15) is 12.4 Å². The number of hydrogen-bond acceptors (Lipinski definition) is 5. The van der Waals surface area contributed by atoms with Crippen molar-refractivity contribution in [3.63, 3.8) is 0 Å². The second kappa shape index (κ2) is 14.5. The number of aryl methyl sites for hydroxylation is 3. The van der Waals surface area contributed by atoms with E-state index in [1.807, 2.05) is 25.0 Å². The second-order valence-electron chi connectivity index (χ2n) is 10.6. The second-order valence-corrected chi connectivity index (χ2v) is 10.6. The van der Waals surface area contributed by atoms with Crippen molar-refractivity contribution in [2.45, 2.75) is 33.4 Å². The Hall–Kier alpha value is -5.50. The van der Waals surface area contributed by atoms with Crippen LogP contribution in [-0.2, 0) is 16.0 Å². The Balaban J connectivity index is 0.000000541. The van der Waals surface area contributed by atoms with Gasteiger partial charge in [0.25, 0.3) is 0 Å². The van der Waals surface area contributed by atoms with Crippen LogP contribution in [0, 0.1) is 13.8 Å². The minimum absolute atomic E-state index is 0.293. The van der Waals surface area contributed by atoms with Crippen molar-refractivity contribution in [2.75, 3.05) is 4.90 Å². The highest BCUT2D eigenvalue weighted by molar-refractivity contribution is 6.05. The van der Waals surface area contributed by atoms with E-state index >= 15 is 0 Å². The lowest BCUT2D eigenvalue weighted by Gasteiger charge is -2.26. The zero-order valence-electron chi connectivity index (χ0n) is 25.6. The van der Waals surface area contributed by atoms with Crippen LogP contribution in [0.15, 0.2) is 118 Å². The molecule has 0 aliphatic carbocycles. The summed E-state index contributed by atoms with van der Waals surface area (Å²) in [6.45, 7) is 8.29. The van der Waals surface area contributed by atoms with Crippen LogP contribution in [0.25, 0.3) is 32.9 Å². The van der Waals surface area contributed by atoms with Crippen molar-refractivity contribution < 1.29 is 27.2 Å². The number of nitrogens with zero attached hydrogens (tertiary/aromatic N) is 1. The van der Waals surface area contributed by atoms with Gasteiger partial charge in [-0.3, -0.25) is 4.79 Å². The first-order chi connectivity index (χ1) is 22.1. The number of halogens is 3. The number of carbonyl (C=O) groups is 2. The summed E-state index contributed by atoms with van der Waals surface area (Å²) >= 11 is 0. The SMILES string of the molecule is C=O.CCc1ccc2c(c1)c(=O)oc1cc(-c3cccc(N(c4ccc(C)cc4)c4ccc(C)cc4)c3)ccc12.O=CC(F)(F)F. The molecule has 0 atom stereocenters. The maximum Gasteiger partial charge on any atom is 0.446 e. The lowest BCUT2D eigenvalue weighted by Crippen LogP contribution is -2.10. The van der Waals surface area contributed by atoms with E-state index in [2.05, 4.69) is 117 Å². The third kappa shape index (κ3) is 7.77. The zero-order chi connectivity index (χ0) is 33.4. The Kier molecular flexibility index (Phi) is 10.5. The van der Waals surface area contributed by atoms with E-state index in [1.165, 1.54) is 11.1 Å². The normalized spacial score (nSPS) is 10.8. The molecule has 0 aliphatic rings. The van der Waals surface area contributed by atoms with Crippen molar-refractivity contribution in [1.29, 1.82) is 0 Å². The molecule has 6 aromatic rings. The highest BCUT2D eigenvalue weighted by atomic mass is 19.4. The Labute approximate surface area is 264 Å². The molecule has 5 aromatic carbocycles. The van der Waals surface area contributed by atoms with Gasteiger partial charge in [-0.15, -0.1) is 0 Å². The first-order valence-electron chi connectivity index (χ1n) is 14.4. The molecule has 0 N–H and O–H groups in total. The molecule has 5 nitrogen and oxygen atoms in total. The first kappa shape index (κ1) is 33.4. The topological polar surface area (TPSA) is 67.6 Å². The number of anilines is 3. The Morgan fingerprint density at radius 3 is 1.78 bits per heavy atom. The van der Waals surface area contributed by atoms with Crippen molar-refractivity contribution in [1.82, 2.24) is 0 Å². The summed E-state index contributed by atoms with van der Waals surface area (Å²) in [5.41, 5.74) is 9.19. The van der Waals surface area contributed by atoms with E-state index in [0.29, 0.717) is 11.0 Å². The number of fused-ring (bicyclic) bond motifs is 3. The largest absolute Gasteiger partial charge is 0.446 e. The molecule has 8 heteroatoms. The quantitative estimate of drug-likeness (QED) is 0.109. The Morgan fingerprint density at radius 2 is 1.24 bits per heavy atom. The molecule has 0 bridgehead atoms. The summed E-state index contributed by atoms with van der Waals surface area (Å²) in [5.74, 6) is 0. The lowest BCUT2D eigenvalue weighted by molar-refractivity contribution is -0.156. The monoisotopic (exact) mass is 623 g/mol. The number of rotatable bonds is 5. The molecule has 0 saturated carbocycles. The molecule has 234 valence electrons. The Bertz CT molecular complexity index is 1970. The van der Waals surface area contributed by atoms with Crippen molar-refractivity contribution in [3.05, 3.63) is 136 Å². The fourth-order valence-electron chi connectivity index (χ4n) is 5.04. The molecule has 46 heavy (non-hydrogen) atoms. The minimum atomic E-state index is -4.64. The lowest BCUT2D eigenvalue weighted by atomic mass is 9.99. The predicted octanol–water partition coefficient (Wildman–Crippen LogP) is 9.82. The summed E-state index contributed by atoms with van der Waals surface area (Å²) in [6, 6.07) is 37.9. The Morgan fingerprint density at radius 1 is 0.696 bits per heavy atom.